The fourth-order valence-electron chi connectivity index (χ4n) is 2.74. The first-order valence-electron chi connectivity index (χ1n) is 9.33. The normalized spacial score (nSPS) is 11.0. The standard InChI is InChI=1S/C22H17BrN6OS/c23-17-11-9-16(10-12-17)21-27-28-22(29(21)19-7-2-1-3-8-19)31-15-20(30)26-25-14-18-6-4-5-13-24-18/h1-14H,15H2,(H,26,30)/b25-14-. The third-order valence-corrected chi connectivity index (χ3v) is 5.61. The van der Waals surface area contributed by atoms with E-state index >= 15 is 0 Å². The Labute approximate surface area is 191 Å². The zero-order valence-electron chi connectivity index (χ0n) is 16.2. The van der Waals surface area contributed by atoms with Crippen LogP contribution in [0.3, 0.4) is 0 Å². The summed E-state index contributed by atoms with van der Waals surface area (Å²) in [5.41, 5.74) is 5.02. The van der Waals surface area contributed by atoms with Gasteiger partial charge in [0.1, 0.15) is 0 Å². The predicted octanol–water partition coefficient (Wildman–Crippen LogP) is 4.33. The topological polar surface area (TPSA) is 85.1 Å². The van der Waals surface area contributed by atoms with Gasteiger partial charge in [-0.3, -0.25) is 14.3 Å². The van der Waals surface area contributed by atoms with Gasteiger partial charge in [0.25, 0.3) is 5.91 Å². The maximum absolute atomic E-state index is 12.2. The number of pyridine rings is 1. The first-order chi connectivity index (χ1) is 15.2. The van der Waals surface area contributed by atoms with Crippen LogP contribution in [0.2, 0.25) is 0 Å². The molecule has 31 heavy (non-hydrogen) atoms. The van der Waals surface area contributed by atoms with E-state index in [1.807, 2.05) is 71.3 Å². The van der Waals surface area contributed by atoms with Gasteiger partial charge in [-0.2, -0.15) is 5.10 Å². The number of halogens is 1. The summed E-state index contributed by atoms with van der Waals surface area (Å²) in [6.45, 7) is 0. The van der Waals surface area contributed by atoms with Crippen LogP contribution in [-0.2, 0) is 4.79 Å². The van der Waals surface area contributed by atoms with Crippen LogP contribution in [0.4, 0.5) is 0 Å². The third-order valence-electron chi connectivity index (χ3n) is 4.16. The van der Waals surface area contributed by atoms with Crippen molar-refractivity contribution in [2.24, 2.45) is 5.10 Å². The lowest BCUT2D eigenvalue weighted by molar-refractivity contribution is -0.118. The number of carbonyl (C=O) groups excluding carboxylic acids is 1. The van der Waals surface area contributed by atoms with Crippen molar-refractivity contribution in [2.75, 3.05) is 5.75 Å². The van der Waals surface area contributed by atoms with Crippen LogP contribution < -0.4 is 5.43 Å². The number of hydrogen-bond donors (Lipinski definition) is 1. The molecule has 2 heterocycles. The minimum Gasteiger partial charge on any atom is -0.272 e. The molecule has 9 heteroatoms. The highest BCUT2D eigenvalue weighted by molar-refractivity contribution is 9.10. The van der Waals surface area contributed by atoms with Crippen LogP contribution in [0.25, 0.3) is 17.1 Å². The molecule has 0 saturated carbocycles. The molecule has 1 N–H and O–H groups in total. The smallest absolute Gasteiger partial charge is 0.250 e. The molecule has 0 unspecified atom stereocenters. The summed E-state index contributed by atoms with van der Waals surface area (Å²) in [6.07, 6.45) is 3.17. The van der Waals surface area contributed by atoms with Gasteiger partial charge in [-0.1, -0.05) is 64.1 Å². The molecule has 0 aliphatic carbocycles. The van der Waals surface area contributed by atoms with Gasteiger partial charge in [0.15, 0.2) is 11.0 Å². The zero-order valence-corrected chi connectivity index (χ0v) is 18.6. The summed E-state index contributed by atoms with van der Waals surface area (Å²) in [5.74, 6) is 0.602. The molecule has 4 rings (SSSR count). The Hall–Kier alpha value is -3.30. The highest BCUT2D eigenvalue weighted by Gasteiger charge is 2.17. The molecule has 0 bridgehead atoms. The molecule has 0 aliphatic heterocycles. The van der Waals surface area contributed by atoms with Gasteiger partial charge in [0, 0.05) is 21.9 Å². The zero-order chi connectivity index (χ0) is 21.5. The van der Waals surface area contributed by atoms with E-state index < -0.39 is 0 Å². The van der Waals surface area contributed by atoms with Crippen LogP contribution in [-0.4, -0.2) is 37.6 Å². The Morgan fingerprint density at radius 3 is 2.55 bits per heavy atom. The number of hydrazone groups is 1. The van der Waals surface area contributed by atoms with Crippen molar-refractivity contribution in [1.29, 1.82) is 0 Å². The number of carbonyl (C=O) groups is 1. The van der Waals surface area contributed by atoms with Gasteiger partial charge in [0.05, 0.1) is 17.7 Å². The maximum Gasteiger partial charge on any atom is 0.250 e. The summed E-state index contributed by atoms with van der Waals surface area (Å²) >= 11 is 4.75. The maximum atomic E-state index is 12.2. The number of amides is 1. The van der Waals surface area contributed by atoms with E-state index in [2.05, 4.69) is 41.6 Å². The Morgan fingerprint density at radius 1 is 1.03 bits per heavy atom. The summed E-state index contributed by atoms with van der Waals surface area (Å²) in [4.78, 5) is 16.4. The number of thioether (sulfide) groups is 1. The largest absolute Gasteiger partial charge is 0.272 e. The van der Waals surface area contributed by atoms with E-state index in [0.717, 1.165) is 15.7 Å². The third kappa shape index (κ3) is 5.44. The lowest BCUT2D eigenvalue weighted by atomic mass is 10.2. The Kier molecular flexibility index (Phi) is 6.85. The SMILES string of the molecule is O=C(CSc1nnc(-c2ccc(Br)cc2)n1-c1ccccc1)N/N=C\c1ccccn1. The number of rotatable bonds is 7. The lowest BCUT2D eigenvalue weighted by Crippen LogP contribution is -2.20. The number of nitrogens with one attached hydrogen (secondary N) is 1. The van der Waals surface area contributed by atoms with Crippen LogP contribution in [0.15, 0.2) is 93.7 Å². The van der Waals surface area contributed by atoms with Crippen LogP contribution in [0, 0.1) is 0 Å². The number of aromatic nitrogens is 4. The molecule has 0 atom stereocenters. The molecular weight excluding hydrogens is 476 g/mol. The van der Waals surface area contributed by atoms with Gasteiger partial charge in [-0.25, -0.2) is 5.43 Å². The first-order valence-corrected chi connectivity index (χ1v) is 11.1. The number of nitrogens with zero attached hydrogens (tertiary/aromatic N) is 5. The molecular formula is C22H17BrN6OS. The summed E-state index contributed by atoms with van der Waals surface area (Å²) in [7, 11) is 0. The van der Waals surface area contributed by atoms with Gasteiger partial charge in [-0.15, -0.1) is 10.2 Å². The quantitative estimate of drug-likeness (QED) is 0.235. The van der Waals surface area contributed by atoms with Gasteiger partial charge in [0.2, 0.25) is 0 Å². The number of hydrogen-bond acceptors (Lipinski definition) is 6. The van der Waals surface area contributed by atoms with E-state index in [1.54, 1.807) is 12.3 Å². The van der Waals surface area contributed by atoms with E-state index in [4.69, 9.17) is 0 Å². The molecule has 4 aromatic rings. The minimum absolute atomic E-state index is 0.144. The molecule has 7 nitrogen and oxygen atoms in total. The highest BCUT2D eigenvalue weighted by Crippen LogP contribution is 2.28. The van der Waals surface area contributed by atoms with Crippen molar-refractivity contribution >= 4 is 39.8 Å². The predicted molar refractivity (Wildman–Crippen MR) is 125 cm³/mol. The molecule has 0 fully saturated rings. The molecule has 2 aromatic heterocycles. The molecule has 154 valence electrons. The molecule has 0 spiro atoms. The number of benzene rings is 2. The lowest BCUT2D eigenvalue weighted by Gasteiger charge is -2.10. The molecule has 0 saturated heterocycles. The highest BCUT2D eigenvalue weighted by atomic mass is 79.9. The fraction of sp³-hybridized carbons (Fsp3) is 0.0455. The first kappa shape index (κ1) is 21.0. The molecule has 2 aromatic carbocycles. The summed E-state index contributed by atoms with van der Waals surface area (Å²) < 4.78 is 2.93. The summed E-state index contributed by atoms with van der Waals surface area (Å²) in [6, 6.07) is 23.1. The van der Waals surface area contributed by atoms with Crippen molar-refractivity contribution in [2.45, 2.75) is 5.16 Å². The second-order valence-electron chi connectivity index (χ2n) is 6.32. The Balaban J connectivity index is 1.51. The van der Waals surface area contributed by atoms with Crippen molar-refractivity contribution < 1.29 is 4.79 Å². The van der Waals surface area contributed by atoms with Crippen molar-refractivity contribution in [3.05, 3.63) is 89.2 Å². The Morgan fingerprint density at radius 2 is 1.81 bits per heavy atom. The van der Waals surface area contributed by atoms with E-state index in [1.165, 1.54) is 18.0 Å². The average Bonchev–Trinajstić information content (AvgIpc) is 3.23. The van der Waals surface area contributed by atoms with Gasteiger partial charge < -0.3 is 0 Å². The Bertz CT molecular complexity index is 1180. The van der Waals surface area contributed by atoms with Gasteiger partial charge in [-0.05, 0) is 36.4 Å². The molecule has 0 aliphatic rings. The average molecular weight is 493 g/mol. The molecule has 0 radical (unpaired) electrons. The van der Waals surface area contributed by atoms with Gasteiger partial charge >= 0.3 is 0 Å². The number of para-hydroxylation sites is 1. The van der Waals surface area contributed by atoms with Crippen LogP contribution >= 0.6 is 27.7 Å². The van der Waals surface area contributed by atoms with E-state index in [9.17, 15) is 4.79 Å². The minimum atomic E-state index is -0.245. The fourth-order valence-corrected chi connectivity index (χ4v) is 3.75. The summed E-state index contributed by atoms with van der Waals surface area (Å²) in [5, 5.41) is 13.3. The second kappa shape index (κ2) is 10.1. The van der Waals surface area contributed by atoms with E-state index in [-0.39, 0.29) is 11.7 Å². The molecule has 1 amide bonds. The van der Waals surface area contributed by atoms with Crippen molar-refractivity contribution in [3.8, 4) is 17.1 Å². The van der Waals surface area contributed by atoms with Crippen LogP contribution in [0.1, 0.15) is 5.69 Å². The van der Waals surface area contributed by atoms with Crippen molar-refractivity contribution in [3.63, 3.8) is 0 Å². The monoisotopic (exact) mass is 492 g/mol. The van der Waals surface area contributed by atoms with Crippen molar-refractivity contribution in [1.82, 2.24) is 25.2 Å². The second-order valence-corrected chi connectivity index (χ2v) is 8.18. The van der Waals surface area contributed by atoms with E-state index in [0.29, 0.717) is 16.7 Å². The van der Waals surface area contributed by atoms with Crippen LogP contribution in [0.5, 0.6) is 0 Å².